The fourth-order valence-electron chi connectivity index (χ4n) is 3.38. The Labute approximate surface area is 154 Å². The molecule has 0 aliphatic rings. The predicted molar refractivity (Wildman–Crippen MR) is 105 cm³/mol. The SMILES string of the molecule is CC(=O)[C@@H](c1ccccc1)[C@@H](C(=O)c1ccc(C)cc1)c1ccccc1. The molecule has 0 fully saturated rings. The van der Waals surface area contributed by atoms with Crippen LogP contribution in [0.15, 0.2) is 84.9 Å². The molecular weight excluding hydrogens is 320 g/mol. The highest BCUT2D eigenvalue weighted by Crippen LogP contribution is 2.36. The van der Waals surface area contributed by atoms with Crippen LogP contribution in [-0.2, 0) is 4.79 Å². The largest absolute Gasteiger partial charge is 0.299 e. The molecule has 2 atom stereocenters. The van der Waals surface area contributed by atoms with Gasteiger partial charge in [-0.2, -0.15) is 0 Å². The van der Waals surface area contributed by atoms with Crippen molar-refractivity contribution in [3.05, 3.63) is 107 Å². The molecule has 0 aliphatic heterocycles. The standard InChI is InChI=1S/C24H22O2/c1-17-13-15-21(16-14-17)24(26)23(20-11-7-4-8-12-20)22(18(2)25)19-9-5-3-6-10-19/h3-16,22-23H,1-2H3/t22-,23-/m0/s1. The third kappa shape index (κ3) is 3.80. The molecule has 3 aromatic carbocycles. The van der Waals surface area contributed by atoms with Crippen LogP contribution >= 0.6 is 0 Å². The molecule has 0 saturated heterocycles. The van der Waals surface area contributed by atoms with Gasteiger partial charge in [0.1, 0.15) is 5.78 Å². The van der Waals surface area contributed by atoms with E-state index in [1.807, 2.05) is 91.9 Å². The summed E-state index contributed by atoms with van der Waals surface area (Å²) in [6, 6.07) is 26.7. The van der Waals surface area contributed by atoms with Crippen LogP contribution in [0, 0.1) is 6.92 Å². The summed E-state index contributed by atoms with van der Waals surface area (Å²) in [7, 11) is 0. The van der Waals surface area contributed by atoms with Crippen LogP contribution in [0.2, 0.25) is 0 Å². The van der Waals surface area contributed by atoms with Crippen LogP contribution in [0.5, 0.6) is 0 Å². The van der Waals surface area contributed by atoms with E-state index in [1.54, 1.807) is 6.92 Å². The maximum atomic E-state index is 13.4. The minimum atomic E-state index is -0.543. The molecule has 0 amide bonds. The van der Waals surface area contributed by atoms with Gasteiger partial charge in [0.25, 0.3) is 0 Å². The fourth-order valence-corrected chi connectivity index (χ4v) is 3.38. The zero-order valence-electron chi connectivity index (χ0n) is 15.1. The summed E-state index contributed by atoms with van der Waals surface area (Å²) in [5, 5.41) is 0. The average molecular weight is 342 g/mol. The van der Waals surface area contributed by atoms with Crippen LogP contribution in [0.25, 0.3) is 0 Å². The van der Waals surface area contributed by atoms with E-state index in [0.29, 0.717) is 5.56 Å². The van der Waals surface area contributed by atoms with Crippen molar-refractivity contribution in [2.45, 2.75) is 25.7 Å². The van der Waals surface area contributed by atoms with Gasteiger partial charge in [-0.05, 0) is 25.0 Å². The summed E-state index contributed by atoms with van der Waals surface area (Å²) in [4.78, 5) is 26.0. The van der Waals surface area contributed by atoms with E-state index < -0.39 is 11.8 Å². The number of rotatable bonds is 6. The molecule has 3 aromatic rings. The van der Waals surface area contributed by atoms with E-state index in [4.69, 9.17) is 0 Å². The maximum absolute atomic E-state index is 13.4. The molecule has 0 aromatic heterocycles. The lowest BCUT2D eigenvalue weighted by Gasteiger charge is -2.25. The molecular formula is C24H22O2. The molecule has 0 heterocycles. The Morgan fingerprint density at radius 2 is 1.12 bits per heavy atom. The van der Waals surface area contributed by atoms with E-state index in [9.17, 15) is 9.59 Å². The fraction of sp³-hybridized carbons (Fsp3) is 0.167. The van der Waals surface area contributed by atoms with Gasteiger partial charge in [-0.15, -0.1) is 0 Å². The monoisotopic (exact) mass is 342 g/mol. The Balaban J connectivity index is 2.12. The first-order valence-electron chi connectivity index (χ1n) is 8.79. The predicted octanol–water partition coefficient (Wildman–Crippen LogP) is 5.33. The van der Waals surface area contributed by atoms with E-state index in [2.05, 4.69) is 0 Å². The normalized spacial score (nSPS) is 13.0. The van der Waals surface area contributed by atoms with Crippen molar-refractivity contribution in [1.82, 2.24) is 0 Å². The molecule has 130 valence electrons. The highest BCUT2D eigenvalue weighted by molar-refractivity contribution is 6.05. The first-order valence-corrected chi connectivity index (χ1v) is 8.79. The van der Waals surface area contributed by atoms with Crippen molar-refractivity contribution >= 4 is 11.6 Å². The molecule has 0 radical (unpaired) electrons. The van der Waals surface area contributed by atoms with Crippen molar-refractivity contribution in [1.29, 1.82) is 0 Å². The number of carbonyl (C=O) groups excluding carboxylic acids is 2. The summed E-state index contributed by atoms with van der Waals surface area (Å²) in [6.07, 6.45) is 0. The molecule has 0 bridgehead atoms. The molecule has 3 rings (SSSR count). The summed E-state index contributed by atoms with van der Waals surface area (Å²) in [5.41, 5.74) is 3.46. The van der Waals surface area contributed by atoms with Crippen LogP contribution in [-0.4, -0.2) is 11.6 Å². The summed E-state index contributed by atoms with van der Waals surface area (Å²) in [5.74, 6) is -1.09. The maximum Gasteiger partial charge on any atom is 0.171 e. The van der Waals surface area contributed by atoms with Gasteiger partial charge in [-0.25, -0.2) is 0 Å². The van der Waals surface area contributed by atoms with E-state index in [-0.39, 0.29) is 11.6 Å². The number of hydrogen-bond donors (Lipinski definition) is 0. The van der Waals surface area contributed by atoms with Crippen molar-refractivity contribution in [2.24, 2.45) is 0 Å². The Bertz CT molecular complexity index is 881. The zero-order valence-corrected chi connectivity index (χ0v) is 15.1. The number of hydrogen-bond acceptors (Lipinski definition) is 2. The quantitative estimate of drug-likeness (QED) is 0.567. The van der Waals surface area contributed by atoms with Gasteiger partial charge in [-0.1, -0.05) is 90.5 Å². The van der Waals surface area contributed by atoms with Crippen LogP contribution < -0.4 is 0 Å². The zero-order chi connectivity index (χ0) is 18.5. The first kappa shape index (κ1) is 17.8. The second-order valence-electron chi connectivity index (χ2n) is 6.62. The van der Waals surface area contributed by atoms with Crippen molar-refractivity contribution in [2.75, 3.05) is 0 Å². The molecule has 0 unspecified atom stereocenters. The molecule has 0 spiro atoms. The lowest BCUT2D eigenvalue weighted by Crippen LogP contribution is -2.25. The summed E-state index contributed by atoms with van der Waals surface area (Å²) in [6.45, 7) is 3.56. The number of benzene rings is 3. The number of ketones is 2. The number of aryl methyl sites for hydroxylation is 1. The second kappa shape index (κ2) is 7.92. The smallest absolute Gasteiger partial charge is 0.171 e. The Hall–Kier alpha value is -3.00. The summed E-state index contributed by atoms with van der Waals surface area (Å²) >= 11 is 0. The van der Waals surface area contributed by atoms with Crippen LogP contribution in [0.1, 0.15) is 45.8 Å². The molecule has 26 heavy (non-hydrogen) atoms. The Morgan fingerprint density at radius 1 is 0.654 bits per heavy atom. The first-order chi connectivity index (χ1) is 12.6. The Kier molecular flexibility index (Phi) is 5.43. The lowest BCUT2D eigenvalue weighted by atomic mass is 9.75. The minimum Gasteiger partial charge on any atom is -0.299 e. The van der Waals surface area contributed by atoms with Crippen molar-refractivity contribution < 1.29 is 9.59 Å². The summed E-state index contributed by atoms with van der Waals surface area (Å²) < 4.78 is 0. The highest BCUT2D eigenvalue weighted by atomic mass is 16.1. The van der Waals surface area contributed by atoms with Gasteiger partial charge in [0.2, 0.25) is 0 Å². The third-order valence-corrected chi connectivity index (χ3v) is 4.71. The van der Waals surface area contributed by atoms with E-state index in [1.165, 1.54) is 0 Å². The molecule has 2 nitrogen and oxygen atoms in total. The van der Waals surface area contributed by atoms with Crippen LogP contribution in [0.3, 0.4) is 0 Å². The molecule has 0 aliphatic carbocycles. The molecule has 0 saturated carbocycles. The van der Waals surface area contributed by atoms with Gasteiger partial charge in [0.05, 0.1) is 11.8 Å². The number of Topliss-reactive ketones (excluding diaryl/α,β-unsaturated/α-hetero) is 2. The third-order valence-electron chi connectivity index (χ3n) is 4.71. The van der Waals surface area contributed by atoms with Crippen molar-refractivity contribution in [3.63, 3.8) is 0 Å². The van der Waals surface area contributed by atoms with E-state index >= 15 is 0 Å². The van der Waals surface area contributed by atoms with Gasteiger partial charge >= 0.3 is 0 Å². The highest BCUT2D eigenvalue weighted by Gasteiger charge is 2.34. The lowest BCUT2D eigenvalue weighted by molar-refractivity contribution is -0.118. The Morgan fingerprint density at radius 3 is 1.58 bits per heavy atom. The average Bonchev–Trinajstić information content (AvgIpc) is 2.67. The van der Waals surface area contributed by atoms with Crippen molar-refractivity contribution in [3.8, 4) is 0 Å². The molecule has 0 N–H and O–H groups in total. The van der Waals surface area contributed by atoms with Gasteiger partial charge in [-0.3, -0.25) is 9.59 Å². The minimum absolute atomic E-state index is 0.00878. The topological polar surface area (TPSA) is 34.1 Å². The van der Waals surface area contributed by atoms with E-state index in [0.717, 1.165) is 16.7 Å². The molecule has 2 heteroatoms. The van der Waals surface area contributed by atoms with Gasteiger partial charge in [0, 0.05) is 5.56 Å². The van der Waals surface area contributed by atoms with Crippen LogP contribution in [0.4, 0.5) is 0 Å². The van der Waals surface area contributed by atoms with Gasteiger partial charge in [0.15, 0.2) is 5.78 Å². The van der Waals surface area contributed by atoms with Gasteiger partial charge < -0.3 is 0 Å². The second-order valence-corrected chi connectivity index (χ2v) is 6.62. The number of carbonyl (C=O) groups is 2.